The number of hydrogen-bond acceptors (Lipinski definition) is 3. The molecule has 4 heteroatoms. The van der Waals surface area contributed by atoms with E-state index in [1.807, 2.05) is 20.8 Å². The highest BCUT2D eigenvalue weighted by Gasteiger charge is 2.53. The summed E-state index contributed by atoms with van der Waals surface area (Å²) in [5, 5.41) is 3.00. The van der Waals surface area contributed by atoms with Crippen molar-refractivity contribution in [3.05, 3.63) is 0 Å². The summed E-state index contributed by atoms with van der Waals surface area (Å²) >= 11 is 0. The van der Waals surface area contributed by atoms with Crippen LogP contribution in [0.4, 0.5) is 4.79 Å². The SMILES string of the molecule is CC1C2CCC(C)(CC2=O)C1NC(=O)OC(C)(C)C. The Morgan fingerprint density at radius 2 is 2.05 bits per heavy atom. The number of amides is 1. The van der Waals surface area contributed by atoms with E-state index < -0.39 is 5.60 Å². The molecule has 19 heavy (non-hydrogen) atoms. The van der Waals surface area contributed by atoms with Crippen molar-refractivity contribution in [2.75, 3.05) is 0 Å². The van der Waals surface area contributed by atoms with Crippen LogP contribution < -0.4 is 5.32 Å². The first kappa shape index (κ1) is 14.4. The second kappa shape index (κ2) is 4.50. The molecule has 0 aromatic carbocycles. The van der Waals surface area contributed by atoms with E-state index >= 15 is 0 Å². The number of ketones is 1. The third-order valence-electron chi connectivity index (χ3n) is 4.60. The fourth-order valence-corrected chi connectivity index (χ4v) is 3.69. The molecule has 3 rings (SSSR count). The number of fused-ring (bicyclic) bond motifs is 3. The van der Waals surface area contributed by atoms with Crippen LogP contribution in [0.5, 0.6) is 0 Å². The zero-order valence-electron chi connectivity index (χ0n) is 12.6. The van der Waals surface area contributed by atoms with Crippen molar-refractivity contribution in [3.63, 3.8) is 0 Å². The normalized spacial score (nSPS) is 38.2. The first-order chi connectivity index (χ1) is 8.62. The zero-order chi connectivity index (χ0) is 14.4. The smallest absolute Gasteiger partial charge is 0.407 e. The van der Waals surface area contributed by atoms with Gasteiger partial charge in [0.25, 0.3) is 0 Å². The Hall–Kier alpha value is -1.06. The largest absolute Gasteiger partial charge is 0.444 e. The Bertz CT molecular complexity index is 399. The van der Waals surface area contributed by atoms with Crippen molar-refractivity contribution in [2.45, 2.75) is 65.5 Å². The van der Waals surface area contributed by atoms with Crippen LogP contribution in [0, 0.1) is 17.3 Å². The molecular weight excluding hydrogens is 242 g/mol. The second-order valence-corrected chi connectivity index (χ2v) is 7.43. The Balaban J connectivity index is 2.08. The average molecular weight is 267 g/mol. The van der Waals surface area contributed by atoms with Gasteiger partial charge in [0.2, 0.25) is 0 Å². The average Bonchev–Trinajstić information content (AvgIpc) is 2.20. The molecule has 0 aromatic heterocycles. The van der Waals surface area contributed by atoms with Crippen LogP contribution in [0.3, 0.4) is 0 Å². The van der Waals surface area contributed by atoms with E-state index in [2.05, 4.69) is 19.2 Å². The van der Waals surface area contributed by atoms with Crippen LogP contribution >= 0.6 is 0 Å². The minimum absolute atomic E-state index is 0.0406. The molecule has 0 spiro atoms. The van der Waals surface area contributed by atoms with Crippen LogP contribution in [-0.4, -0.2) is 23.5 Å². The molecule has 2 bridgehead atoms. The molecule has 0 radical (unpaired) electrons. The Morgan fingerprint density at radius 3 is 2.53 bits per heavy atom. The lowest BCUT2D eigenvalue weighted by Crippen LogP contribution is -2.61. The molecule has 3 aliphatic rings. The summed E-state index contributed by atoms with van der Waals surface area (Å²) in [6.45, 7) is 9.75. The van der Waals surface area contributed by atoms with E-state index in [-0.39, 0.29) is 29.4 Å². The highest BCUT2D eigenvalue weighted by Crippen LogP contribution is 2.51. The predicted molar refractivity (Wildman–Crippen MR) is 72.8 cm³/mol. The van der Waals surface area contributed by atoms with Crippen LogP contribution in [0.2, 0.25) is 0 Å². The van der Waals surface area contributed by atoms with Crippen molar-refractivity contribution in [2.24, 2.45) is 17.3 Å². The zero-order valence-corrected chi connectivity index (χ0v) is 12.6. The standard InChI is InChI=1S/C15H25NO3/c1-9-10-6-7-15(5,8-11(10)17)12(9)16-13(18)19-14(2,3)4/h9-10,12H,6-8H2,1-5H3,(H,16,18). The van der Waals surface area contributed by atoms with Crippen molar-refractivity contribution >= 4 is 11.9 Å². The van der Waals surface area contributed by atoms with Gasteiger partial charge >= 0.3 is 6.09 Å². The molecule has 0 aromatic rings. The van der Waals surface area contributed by atoms with Crippen molar-refractivity contribution in [1.82, 2.24) is 5.32 Å². The summed E-state index contributed by atoms with van der Waals surface area (Å²) < 4.78 is 5.33. The Labute approximate surface area is 115 Å². The molecule has 3 aliphatic carbocycles. The van der Waals surface area contributed by atoms with Crippen molar-refractivity contribution in [3.8, 4) is 0 Å². The summed E-state index contributed by atoms with van der Waals surface area (Å²) in [7, 11) is 0. The maximum Gasteiger partial charge on any atom is 0.407 e. The van der Waals surface area contributed by atoms with Gasteiger partial charge in [0.15, 0.2) is 0 Å². The van der Waals surface area contributed by atoms with Gasteiger partial charge in [-0.25, -0.2) is 4.79 Å². The lowest BCUT2D eigenvalue weighted by atomic mass is 9.54. The number of carbonyl (C=O) groups is 2. The van der Waals surface area contributed by atoms with Gasteiger partial charge in [-0.3, -0.25) is 4.79 Å². The molecule has 4 atom stereocenters. The number of carbonyl (C=O) groups excluding carboxylic acids is 2. The van der Waals surface area contributed by atoms with Gasteiger partial charge in [-0.15, -0.1) is 0 Å². The molecule has 4 unspecified atom stereocenters. The van der Waals surface area contributed by atoms with E-state index in [0.717, 1.165) is 12.8 Å². The van der Waals surface area contributed by atoms with Gasteiger partial charge in [-0.05, 0) is 44.9 Å². The predicted octanol–water partition coefficient (Wildman–Crippen LogP) is 2.90. The first-order valence-electron chi connectivity index (χ1n) is 7.15. The van der Waals surface area contributed by atoms with Crippen LogP contribution in [0.1, 0.15) is 53.9 Å². The molecule has 3 fully saturated rings. The molecule has 4 nitrogen and oxygen atoms in total. The summed E-state index contributed by atoms with van der Waals surface area (Å²) in [5.41, 5.74) is -0.597. The number of nitrogens with one attached hydrogen (secondary N) is 1. The third-order valence-corrected chi connectivity index (χ3v) is 4.60. The van der Waals surface area contributed by atoms with Gasteiger partial charge in [-0.2, -0.15) is 0 Å². The lowest BCUT2D eigenvalue weighted by Gasteiger charge is -2.53. The molecular formula is C15H25NO3. The fourth-order valence-electron chi connectivity index (χ4n) is 3.69. The van der Waals surface area contributed by atoms with E-state index in [4.69, 9.17) is 4.74 Å². The highest BCUT2D eigenvalue weighted by molar-refractivity contribution is 5.84. The van der Waals surface area contributed by atoms with Gasteiger partial charge in [0, 0.05) is 18.4 Å². The number of ether oxygens (including phenoxy) is 1. The fraction of sp³-hybridized carbons (Fsp3) is 0.867. The highest BCUT2D eigenvalue weighted by atomic mass is 16.6. The molecule has 3 saturated carbocycles. The van der Waals surface area contributed by atoms with Crippen LogP contribution in [0.15, 0.2) is 0 Å². The van der Waals surface area contributed by atoms with E-state index in [1.54, 1.807) is 0 Å². The monoisotopic (exact) mass is 267 g/mol. The maximum atomic E-state index is 12.0. The summed E-state index contributed by atoms with van der Waals surface area (Å²) in [5.74, 6) is 0.678. The quantitative estimate of drug-likeness (QED) is 0.794. The number of rotatable bonds is 1. The number of Topliss-reactive ketones (excluding diaryl/α,β-unsaturated/α-hetero) is 1. The van der Waals surface area contributed by atoms with Crippen molar-refractivity contribution in [1.29, 1.82) is 0 Å². The van der Waals surface area contributed by atoms with Crippen molar-refractivity contribution < 1.29 is 14.3 Å². The summed E-state index contributed by atoms with van der Waals surface area (Å²) in [6.07, 6.45) is 2.19. The van der Waals surface area contributed by atoms with E-state index in [1.165, 1.54) is 0 Å². The van der Waals surface area contributed by atoms with Gasteiger partial charge in [0.1, 0.15) is 11.4 Å². The molecule has 0 heterocycles. The van der Waals surface area contributed by atoms with Crippen LogP contribution in [0.25, 0.3) is 0 Å². The minimum atomic E-state index is -0.488. The minimum Gasteiger partial charge on any atom is -0.444 e. The first-order valence-corrected chi connectivity index (χ1v) is 7.15. The topological polar surface area (TPSA) is 55.4 Å². The number of alkyl carbamates (subject to hydrolysis) is 1. The Kier molecular flexibility index (Phi) is 3.40. The van der Waals surface area contributed by atoms with Crippen LogP contribution in [-0.2, 0) is 9.53 Å². The van der Waals surface area contributed by atoms with Gasteiger partial charge in [-0.1, -0.05) is 13.8 Å². The maximum absolute atomic E-state index is 12.0. The van der Waals surface area contributed by atoms with Gasteiger partial charge < -0.3 is 10.1 Å². The van der Waals surface area contributed by atoms with Gasteiger partial charge in [0.05, 0.1) is 0 Å². The third kappa shape index (κ3) is 2.77. The molecule has 1 N–H and O–H groups in total. The molecule has 108 valence electrons. The van der Waals surface area contributed by atoms with E-state index in [9.17, 15) is 9.59 Å². The summed E-state index contributed by atoms with van der Waals surface area (Å²) in [4.78, 5) is 23.9. The molecule has 0 aliphatic heterocycles. The molecule has 0 saturated heterocycles. The molecule has 1 amide bonds. The lowest BCUT2D eigenvalue weighted by molar-refractivity contribution is -0.139. The Morgan fingerprint density at radius 1 is 1.42 bits per heavy atom. The second-order valence-electron chi connectivity index (χ2n) is 7.43. The van der Waals surface area contributed by atoms with E-state index in [0.29, 0.717) is 12.2 Å². The number of hydrogen-bond donors (Lipinski definition) is 1. The summed E-state index contributed by atoms with van der Waals surface area (Å²) in [6, 6.07) is 0.0406.